The molecule has 0 spiro atoms. The Kier molecular flexibility index (Phi) is 2.46. The molecule has 0 amide bonds. The van der Waals surface area contributed by atoms with Crippen LogP contribution in [-0.4, -0.2) is 5.11 Å². The van der Waals surface area contributed by atoms with Crippen molar-refractivity contribution < 1.29 is 5.11 Å². The van der Waals surface area contributed by atoms with Crippen LogP contribution in [0.25, 0.3) is 0 Å². The van der Waals surface area contributed by atoms with Crippen LogP contribution in [0.4, 0.5) is 17.1 Å². The van der Waals surface area contributed by atoms with Gasteiger partial charge in [0.05, 0.1) is 0 Å². The average molecular weight is 200 g/mol. The lowest BCUT2D eigenvalue weighted by molar-refractivity contribution is 0.475. The number of nitrogens with one attached hydrogen (secondary N) is 1. The number of rotatable bonds is 2. The Hall–Kier alpha value is -2.16. The molecule has 3 nitrogen and oxygen atoms in total. The molecule has 0 fully saturated rings. The minimum absolute atomic E-state index is 0.240. The maximum absolute atomic E-state index is 9.28. The summed E-state index contributed by atoms with van der Waals surface area (Å²) in [5, 5.41) is 12.4. The Labute approximate surface area is 88.2 Å². The van der Waals surface area contributed by atoms with Crippen LogP contribution in [0.3, 0.4) is 0 Å². The van der Waals surface area contributed by atoms with Gasteiger partial charge in [-0.3, -0.25) is 0 Å². The first-order valence-corrected chi connectivity index (χ1v) is 4.66. The molecule has 0 saturated carbocycles. The molecule has 0 unspecified atom stereocenters. The molecule has 2 rings (SSSR count). The molecule has 0 aromatic heterocycles. The fourth-order valence-electron chi connectivity index (χ4n) is 1.37. The van der Waals surface area contributed by atoms with Crippen LogP contribution in [0.1, 0.15) is 0 Å². The lowest BCUT2D eigenvalue weighted by atomic mass is 10.2. The molecule has 0 bridgehead atoms. The summed E-state index contributed by atoms with van der Waals surface area (Å²) in [7, 11) is 0. The molecule has 0 aliphatic heterocycles. The van der Waals surface area contributed by atoms with Gasteiger partial charge in [-0.2, -0.15) is 0 Å². The third kappa shape index (κ3) is 2.40. The number of phenolic OH excluding ortho intramolecular Hbond substituents is 1. The number of aromatic hydroxyl groups is 1. The van der Waals surface area contributed by atoms with Gasteiger partial charge in [-0.15, -0.1) is 0 Å². The largest absolute Gasteiger partial charge is 0.508 e. The summed E-state index contributed by atoms with van der Waals surface area (Å²) < 4.78 is 0. The SMILES string of the molecule is Nc1cccc(Nc2cccc(O)c2)c1. The van der Waals surface area contributed by atoms with Gasteiger partial charge in [-0.1, -0.05) is 12.1 Å². The van der Waals surface area contributed by atoms with E-state index in [9.17, 15) is 5.11 Å². The van der Waals surface area contributed by atoms with Gasteiger partial charge in [0.25, 0.3) is 0 Å². The Morgan fingerprint density at radius 2 is 1.60 bits per heavy atom. The molecular formula is C12H12N2O. The molecule has 0 saturated heterocycles. The lowest BCUT2D eigenvalue weighted by Gasteiger charge is -2.06. The second-order valence-corrected chi connectivity index (χ2v) is 3.30. The summed E-state index contributed by atoms with van der Waals surface area (Å²) in [6, 6.07) is 14.4. The quantitative estimate of drug-likeness (QED) is 0.653. The van der Waals surface area contributed by atoms with Crippen LogP contribution < -0.4 is 11.1 Å². The highest BCUT2D eigenvalue weighted by Gasteiger charge is 1.95. The number of phenols is 1. The topological polar surface area (TPSA) is 58.3 Å². The van der Waals surface area contributed by atoms with Crippen molar-refractivity contribution in [1.82, 2.24) is 0 Å². The number of hydrogen-bond acceptors (Lipinski definition) is 3. The molecular weight excluding hydrogens is 188 g/mol. The van der Waals surface area contributed by atoms with Crippen LogP contribution >= 0.6 is 0 Å². The highest BCUT2D eigenvalue weighted by atomic mass is 16.3. The van der Waals surface area contributed by atoms with Gasteiger partial charge < -0.3 is 16.2 Å². The highest BCUT2D eigenvalue weighted by molar-refractivity contribution is 5.64. The summed E-state index contributed by atoms with van der Waals surface area (Å²) in [6.45, 7) is 0. The van der Waals surface area contributed by atoms with E-state index in [0.29, 0.717) is 5.69 Å². The van der Waals surface area contributed by atoms with Crippen molar-refractivity contribution in [3.05, 3.63) is 48.5 Å². The van der Waals surface area contributed by atoms with E-state index >= 15 is 0 Å². The Balaban J connectivity index is 2.22. The molecule has 15 heavy (non-hydrogen) atoms. The molecule has 0 radical (unpaired) electrons. The van der Waals surface area contributed by atoms with Gasteiger partial charge in [0.15, 0.2) is 0 Å². The second-order valence-electron chi connectivity index (χ2n) is 3.30. The fourth-order valence-corrected chi connectivity index (χ4v) is 1.37. The van der Waals surface area contributed by atoms with Gasteiger partial charge in [-0.05, 0) is 30.3 Å². The molecule has 0 heterocycles. The third-order valence-electron chi connectivity index (χ3n) is 2.02. The zero-order valence-corrected chi connectivity index (χ0v) is 8.14. The Bertz CT molecular complexity index is 425. The molecule has 3 heteroatoms. The van der Waals surface area contributed by atoms with E-state index in [1.807, 2.05) is 30.3 Å². The van der Waals surface area contributed by atoms with E-state index in [1.54, 1.807) is 18.2 Å². The van der Waals surface area contributed by atoms with Crippen molar-refractivity contribution in [2.75, 3.05) is 11.1 Å². The van der Waals surface area contributed by atoms with Crippen molar-refractivity contribution in [2.45, 2.75) is 0 Å². The van der Waals surface area contributed by atoms with Crippen molar-refractivity contribution in [1.29, 1.82) is 0 Å². The molecule has 0 aliphatic rings. The summed E-state index contributed by atoms with van der Waals surface area (Å²) >= 11 is 0. The maximum atomic E-state index is 9.28. The summed E-state index contributed by atoms with van der Waals surface area (Å²) in [6.07, 6.45) is 0. The van der Waals surface area contributed by atoms with Gasteiger partial charge in [-0.25, -0.2) is 0 Å². The van der Waals surface area contributed by atoms with Crippen LogP contribution in [0.2, 0.25) is 0 Å². The van der Waals surface area contributed by atoms with E-state index < -0.39 is 0 Å². The lowest BCUT2D eigenvalue weighted by Crippen LogP contribution is -1.91. The van der Waals surface area contributed by atoms with Crippen molar-refractivity contribution >= 4 is 17.1 Å². The van der Waals surface area contributed by atoms with E-state index in [-0.39, 0.29) is 5.75 Å². The van der Waals surface area contributed by atoms with Crippen LogP contribution in [0, 0.1) is 0 Å². The summed E-state index contributed by atoms with van der Waals surface area (Å²) in [5.41, 5.74) is 8.10. The first-order chi connectivity index (χ1) is 7.24. The standard InChI is InChI=1S/C12H12N2O/c13-9-3-1-4-10(7-9)14-11-5-2-6-12(15)8-11/h1-8,14-15H,13H2. The van der Waals surface area contributed by atoms with Crippen LogP contribution in [0.5, 0.6) is 5.75 Å². The van der Waals surface area contributed by atoms with Gasteiger partial charge in [0.1, 0.15) is 5.75 Å². The van der Waals surface area contributed by atoms with Gasteiger partial charge in [0.2, 0.25) is 0 Å². The number of anilines is 3. The number of nitrogen functional groups attached to an aromatic ring is 1. The zero-order valence-electron chi connectivity index (χ0n) is 8.14. The average Bonchev–Trinajstić information content (AvgIpc) is 2.17. The monoisotopic (exact) mass is 200 g/mol. The summed E-state index contributed by atoms with van der Waals surface area (Å²) in [5.74, 6) is 0.240. The van der Waals surface area contributed by atoms with Crippen molar-refractivity contribution in [2.24, 2.45) is 0 Å². The predicted octanol–water partition coefficient (Wildman–Crippen LogP) is 2.72. The first-order valence-electron chi connectivity index (χ1n) is 4.66. The molecule has 76 valence electrons. The predicted molar refractivity (Wildman–Crippen MR) is 62.2 cm³/mol. The molecule has 0 atom stereocenters. The Morgan fingerprint density at radius 3 is 2.27 bits per heavy atom. The molecule has 2 aromatic rings. The normalized spacial score (nSPS) is 9.87. The van der Waals surface area contributed by atoms with Crippen molar-refractivity contribution in [3.63, 3.8) is 0 Å². The van der Waals surface area contributed by atoms with E-state index in [0.717, 1.165) is 11.4 Å². The zero-order chi connectivity index (χ0) is 10.7. The van der Waals surface area contributed by atoms with Crippen molar-refractivity contribution in [3.8, 4) is 5.75 Å². The number of nitrogens with two attached hydrogens (primary N) is 1. The molecule has 4 N–H and O–H groups in total. The molecule has 2 aromatic carbocycles. The Morgan fingerprint density at radius 1 is 0.933 bits per heavy atom. The summed E-state index contributed by atoms with van der Waals surface area (Å²) in [4.78, 5) is 0. The van der Waals surface area contributed by atoms with Gasteiger partial charge >= 0.3 is 0 Å². The molecule has 0 aliphatic carbocycles. The third-order valence-corrected chi connectivity index (χ3v) is 2.02. The van der Waals surface area contributed by atoms with E-state index in [1.165, 1.54) is 0 Å². The number of hydrogen-bond donors (Lipinski definition) is 3. The highest BCUT2D eigenvalue weighted by Crippen LogP contribution is 2.21. The minimum Gasteiger partial charge on any atom is -0.508 e. The smallest absolute Gasteiger partial charge is 0.117 e. The van der Waals surface area contributed by atoms with E-state index in [4.69, 9.17) is 5.73 Å². The number of benzene rings is 2. The fraction of sp³-hybridized carbons (Fsp3) is 0. The minimum atomic E-state index is 0.240. The van der Waals surface area contributed by atoms with Crippen LogP contribution in [-0.2, 0) is 0 Å². The van der Waals surface area contributed by atoms with Gasteiger partial charge in [0, 0.05) is 23.1 Å². The maximum Gasteiger partial charge on any atom is 0.117 e. The first kappa shape index (κ1) is 9.40. The van der Waals surface area contributed by atoms with E-state index in [2.05, 4.69) is 5.32 Å². The van der Waals surface area contributed by atoms with Crippen LogP contribution in [0.15, 0.2) is 48.5 Å². The second kappa shape index (κ2) is 3.92.